The Morgan fingerprint density at radius 3 is 2.88 bits per heavy atom. The number of nitrogens with zero attached hydrogens (tertiary/aromatic N) is 5. The molecule has 136 valence electrons. The Balaban J connectivity index is 1.54. The van der Waals surface area contributed by atoms with Gasteiger partial charge >= 0.3 is 0 Å². The van der Waals surface area contributed by atoms with Gasteiger partial charge in [-0.1, -0.05) is 5.16 Å². The third kappa shape index (κ3) is 4.08. The maximum absolute atomic E-state index is 12.4. The predicted molar refractivity (Wildman–Crippen MR) is 94.0 cm³/mol. The number of anilines is 1. The standard InChI is InChI=1S/C17H26N6O2/c1-12-10-23(8-7-22(12)11-16-18-5-6-21(16)4)14(3)17(24)19-15-9-13(2)25-20-15/h5-6,9,12,14H,7-8,10-11H2,1-4H3,(H,19,20,24)/t12-,14+/m1/s1. The van der Waals surface area contributed by atoms with Crippen LogP contribution in [0.1, 0.15) is 25.4 Å². The fourth-order valence-electron chi connectivity index (χ4n) is 3.16. The number of amides is 1. The van der Waals surface area contributed by atoms with Crippen LogP contribution < -0.4 is 5.32 Å². The van der Waals surface area contributed by atoms with Gasteiger partial charge in [-0.05, 0) is 20.8 Å². The molecule has 0 radical (unpaired) electrons. The SMILES string of the molecule is Cc1cc(NC(=O)[C@H](C)N2CCN(Cc3nccn3C)[C@H](C)C2)no1. The summed E-state index contributed by atoms with van der Waals surface area (Å²) in [6, 6.07) is 1.86. The number of piperazine rings is 1. The minimum Gasteiger partial charge on any atom is -0.360 e. The van der Waals surface area contributed by atoms with Crippen molar-refractivity contribution < 1.29 is 9.32 Å². The Labute approximate surface area is 147 Å². The van der Waals surface area contributed by atoms with Gasteiger partial charge in [-0.3, -0.25) is 14.6 Å². The molecule has 1 amide bonds. The molecule has 2 aromatic heterocycles. The van der Waals surface area contributed by atoms with Crippen LogP contribution in [0.2, 0.25) is 0 Å². The molecule has 2 aromatic rings. The van der Waals surface area contributed by atoms with Crippen molar-refractivity contribution in [3.05, 3.63) is 30.0 Å². The normalized spacial score (nSPS) is 20.6. The van der Waals surface area contributed by atoms with Crippen LogP contribution in [0.4, 0.5) is 5.82 Å². The molecule has 1 fully saturated rings. The van der Waals surface area contributed by atoms with E-state index < -0.39 is 0 Å². The van der Waals surface area contributed by atoms with Crippen molar-refractivity contribution >= 4 is 11.7 Å². The minimum atomic E-state index is -0.213. The fraction of sp³-hybridized carbons (Fsp3) is 0.588. The van der Waals surface area contributed by atoms with Gasteiger partial charge in [0.2, 0.25) is 5.91 Å². The Morgan fingerprint density at radius 2 is 2.28 bits per heavy atom. The summed E-state index contributed by atoms with van der Waals surface area (Å²) in [6.07, 6.45) is 3.79. The lowest BCUT2D eigenvalue weighted by Gasteiger charge is -2.41. The molecule has 1 aliphatic rings. The lowest BCUT2D eigenvalue weighted by atomic mass is 10.1. The number of rotatable bonds is 5. The maximum atomic E-state index is 12.4. The Morgan fingerprint density at radius 1 is 1.48 bits per heavy atom. The van der Waals surface area contributed by atoms with Gasteiger partial charge in [0.1, 0.15) is 11.6 Å². The molecule has 3 heterocycles. The number of hydrogen-bond acceptors (Lipinski definition) is 6. The van der Waals surface area contributed by atoms with Gasteiger partial charge in [-0.15, -0.1) is 0 Å². The third-order valence-corrected chi connectivity index (χ3v) is 4.87. The summed E-state index contributed by atoms with van der Waals surface area (Å²) in [5.41, 5.74) is 0. The summed E-state index contributed by atoms with van der Waals surface area (Å²) in [4.78, 5) is 21.5. The van der Waals surface area contributed by atoms with Crippen molar-refractivity contribution in [1.29, 1.82) is 0 Å². The van der Waals surface area contributed by atoms with E-state index in [2.05, 4.69) is 36.7 Å². The van der Waals surface area contributed by atoms with Gasteiger partial charge in [0, 0.05) is 51.2 Å². The third-order valence-electron chi connectivity index (χ3n) is 4.87. The summed E-state index contributed by atoms with van der Waals surface area (Å²) < 4.78 is 7.04. The second-order valence-corrected chi connectivity index (χ2v) is 6.76. The molecule has 0 aliphatic carbocycles. The van der Waals surface area contributed by atoms with Crippen molar-refractivity contribution in [3.63, 3.8) is 0 Å². The molecule has 0 saturated carbocycles. The molecule has 3 rings (SSSR count). The summed E-state index contributed by atoms with van der Waals surface area (Å²) in [5, 5.41) is 6.63. The Hall–Kier alpha value is -2.19. The summed E-state index contributed by atoms with van der Waals surface area (Å²) in [6.45, 7) is 9.36. The number of nitrogens with one attached hydrogen (secondary N) is 1. The molecule has 8 nitrogen and oxygen atoms in total. The number of carbonyl (C=O) groups is 1. The van der Waals surface area contributed by atoms with E-state index in [0.717, 1.165) is 32.0 Å². The van der Waals surface area contributed by atoms with Crippen LogP contribution in [0.3, 0.4) is 0 Å². The van der Waals surface area contributed by atoms with Crippen LogP contribution in [0.5, 0.6) is 0 Å². The molecular weight excluding hydrogens is 320 g/mol. The molecule has 0 unspecified atom stereocenters. The molecule has 0 aromatic carbocycles. The molecular formula is C17H26N6O2. The highest BCUT2D eigenvalue weighted by molar-refractivity contribution is 5.93. The predicted octanol–water partition coefficient (Wildman–Crippen LogP) is 1.25. The van der Waals surface area contributed by atoms with Crippen LogP contribution >= 0.6 is 0 Å². The van der Waals surface area contributed by atoms with Gasteiger partial charge in [-0.2, -0.15) is 0 Å². The number of imidazole rings is 1. The Kier molecular flexibility index (Phi) is 5.19. The second-order valence-electron chi connectivity index (χ2n) is 6.76. The van der Waals surface area contributed by atoms with E-state index in [9.17, 15) is 4.79 Å². The topological polar surface area (TPSA) is 79.4 Å². The average Bonchev–Trinajstić information content (AvgIpc) is 3.17. The number of aromatic nitrogens is 3. The maximum Gasteiger partial charge on any atom is 0.242 e. The van der Waals surface area contributed by atoms with E-state index >= 15 is 0 Å². The lowest BCUT2D eigenvalue weighted by Crippen LogP contribution is -2.56. The molecule has 2 atom stereocenters. The van der Waals surface area contributed by atoms with Crippen LogP contribution in [-0.2, 0) is 18.4 Å². The van der Waals surface area contributed by atoms with Crippen LogP contribution in [0.25, 0.3) is 0 Å². The van der Waals surface area contributed by atoms with Crippen LogP contribution in [-0.4, -0.2) is 62.1 Å². The minimum absolute atomic E-state index is 0.0574. The number of carbonyl (C=O) groups excluding carboxylic acids is 1. The first-order chi connectivity index (χ1) is 11.9. The highest BCUT2D eigenvalue weighted by Gasteiger charge is 2.30. The molecule has 8 heteroatoms. The van der Waals surface area contributed by atoms with Crippen molar-refractivity contribution in [2.24, 2.45) is 7.05 Å². The van der Waals surface area contributed by atoms with Crippen molar-refractivity contribution in [2.45, 2.75) is 39.4 Å². The van der Waals surface area contributed by atoms with Gasteiger partial charge in [-0.25, -0.2) is 4.98 Å². The average molecular weight is 346 g/mol. The molecule has 0 bridgehead atoms. The summed E-state index contributed by atoms with van der Waals surface area (Å²) in [5.74, 6) is 2.15. The van der Waals surface area contributed by atoms with E-state index in [1.54, 1.807) is 13.0 Å². The monoisotopic (exact) mass is 346 g/mol. The lowest BCUT2D eigenvalue weighted by molar-refractivity contribution is -0.122. The van der Waals surface area contributed by atoms with Crippen LogP contribution in [0, 0.1) is 6.92 Å². The zero-order valence-corrected chi connectivity index (χ0v) is 15.3. The van der Waals surface area contributed by atoms with E-state index in [1.165, 1.54) is 0 Å². The molecule has 25 heavy (non-hydrogen) atoms. The molecule has 1 saturated heterocycles. The first-order valence-corrected chi connectivity index (χ1v) is 8.62. The highest BCUT2D eigenvalue weighted by Crippen LogP contribution is 2.16. The molecule has 1 N–H and O–H groups in total. The first-order valence-electron chi connectivity index (χ1n) is 8.62. The van der Waals surface area contributed by atoms with E-state index in [-0.39, 0.29) is 11.9 Å². The number of hydrogen-bond donors (Lipinski definition) is 1. The fourth-order valence-corrected chi connectivity index (χ4v) is 3.16. The van der Waals surface area contributed by atoms with E-state index in [0.29, 0.717) is 17.6 Å². The second kappa shape index (κ2) is 7.37. The largest absolute Gasteiger partial charge is 0.360 e. The molecule has 1 aliphatic heterocycles. The number of aryl methyl sites for hydroxylation is 2. The first kappa shape index (κ1) is 17.6. The van der Waals surface area contributed by atoms with Gasteiger partial charge in [0.25, 0.3) is 0 Å². The molecule has 0 spiro atoms. The zero-order valence-electron chi connectivity index (χ0n) is 15.3. The van der Waals surface area contributed by atoms with Gasteiger partial charge in [0.15, 0.2) is 5.82 Å². The van der Waals surface area contributed by atoms with E-state index in [4.69, 9.17) is 4.52 Å². The van der Waals surface area contributed by atoms with Crippen molar-refractivity contribution in [3.8, 4) is 0 Å². The highest BCUT2D eigenvalue weighted by atomic mass is 16.5. The summed E-state index contributed by atoms with van der Waals surface area (Å²) >= 11 is 0. The van der Waals surface area contributed by atoms with Crippen LogP contribution in [0.15, 0.2) is 23.0 Å². The Bertz CT molecular complexity index is 724. The van der Waals surface area contributed by atoms with Crippen molar-refractivity contribution in [1.82, 2.24) is 24.5 Å². The van der Waals surface area contributed by atoms with Crippen molar-refractivity contribution in [2.75, 3.05) is 25.0 Å². The quantitative estimate of drug-likeness (QED) is 0.878. The van der Waals surface area contributed by atoms with E-state index in [1.807, 2.05) is 26.4 Å². The zero-order chi connectivity index (χ0) is 18.0. The smallest absolute Gasteiger partial charge is 0.242 e. The van der Waals surface area contributed by atoms with Gasteiger partial charge in [0.05, 0.1) is 12.6 Å². The summed E-state index contributed by atoms with van der Waals surface area (Å²) in [7, 11) is 2.02. The van der Waals surface area contributed by atoms with Gasteiger partial charge < -0.3 is 14.4 Å².